The fourth-order valence-corrected chi connectivity index (χ4v) is 3.06. The molecule has 0 heterocycles. The van der Waals surface area contributed by atoms with E-state index in [1.165, 1.54) is 18.2 Å². The summed E-state index contributed by atoms with van der Waals surface area (Å²) in [6.45, 7) is -0.331. The monoisotopic (exact) mass is 375 g/mol. The van der Waals surface area contributed by atoms with Crippen LogP contribution in [0.5, 0.6) is 0 Å². The Morgan fingerprint density at radius 3 is 2.36 bits per heavy atom. The smallest absolute Gasteiger partial charge is 0.292 e. The van der Waals surface area contributed by atoms with Crippen LogP contribution in [0.2, 0.25) is 0 Å². The van der Waals surface area contributed by atoms with Crippen LogP contribution in [0, 0.1) is 27.6 Å². The number of benzene rings is 2. The van der Waals surface area contributed by atoms with E-state index in [-0.39, 0.29) is 24.5 Å². The number of nitrogens with one attached hydrogen (secondary N) is 2. The zero-order chi connectivity index (χ0) is 18.6. The summed E-state index contributed by atoms with van der Waals surface area (Å²) in [6, 6.07) is 6.82. The van der Waals surface area contributed by atoms with E-state index >= 15 is 0 Å². The fourth-order valence-electron chi connectivity index (χ4n) is 1.96. The van der Waals surface area contributed by atoms with Crippen LogP contribution in [0.1, 0.15) is 0 Å². The zero-order valence-corrected chi connectivity index (χ0v) is 13.3. The Labute approximate surface area is 140 Å². The Morgan fingerprint density at radius 1 is 1.00 bits per heavy atom. The van der Waals surface area contributed by atoms with Crippen molar-refractivity contribution in [3.8, 4) is 0 Å². The van der Waals surface area contributed by atoms with Crippen molar-refractivity contribution in [3.05, 3.63) is 64.0 Å². The highest BCUT2D eigenvalue weighted by molar-refractivity contribution is 7.89. The van der Waals surface area contributed by atoms with Crippen LogP contribution in [-0.2, 0) is 10.0 Å². The second-order valence-corrected chi connectivity index (χ2v) is 6.51. The summed E-state index contributed by atoms with van der Waals surface area (Å²) >= 11 is 0. The maximum Gasteiger partial charge on any atom is 0.292 e. The number of rotatable bonds is 7. The predicted octanol–water partition coefficient (Wildman–Crippen LogP) is 2.40. The van der Waals surface area contributed by atoms with Crippen LogP contribution < -0.4 is 10.0 Å². The zero-order valence-electron chi connectivity index (χ0n) is 12.5. The Bertz CT molecular complexity index is 906. The molecular weight excluding hydrogens is 363 g/mol. The van der Waals surface area contributed by atoms with Crippen LogP contribution >= 0.6 is 0 Å². The molecule has 0 fully saturated rings. The molecule has 2 rings (SSSR count). The Kier molecular flexibility index (Phi) is 5.59. The first kappa shape index (κ1) is 18.7. The molecule has 0 aliphatic carbocycles. The minimum absolute atomic E-state index is 0.0601. The van der Waals surface area contributed by atoms with E-state index in [4.69, 9.17) is 0 Å². The molecule has 0 radical (unpaired) electrons. The van der Waals surface area contributed by atoms with Gasteiger partial charge in [-0.25, -0.2) is 26.3 Å². The molecule has 0 saturated heterocycles. The van der Waals surface area contributed by atoms with Gasteiger partial charge in [0.2, 0.25) is 10.0 Å². The number of hydrogen-bond donors (Lipinski definition) is 2. The van der Waals surface area contributed by atoms with Crippen molar-refractivity contribution in [3.63, 3.8) is 0 Å². The molecule has 0 bridgehead atoms. The molecule has 0 spiro atoms. The van der Waals surface area contributed by atoms with Crippen LogP contribution in [0.3, 0.4) is 0 Å². The number of nitrogens with zero attached hydrogens (tertiary/aromatic N) is 1. The minimum atomic E-state index is -4.42. The van der Waals surface area contributed by atoms with Crippen molar-refractivity contribution in [1.82, 2.24) is 4.72 Å². The molecule has 11 heteroatoms. The van der Waals surface area contributed by atoms with Gasteiger partial charge in [0.1, 0.15) is 10.6 Å². The van der Waals surface area contributed by atoms with E-state index < -0.39 is 37.3 Å². The van der Waals surface area contributed by atoms with Gasteiger partial charge in [0.15, 0.2) is 17.5 Å². The lowest BCUT2D eigenvalue weighted by Gasteiger charge is -2.10. The number of para-hydroxylation sites is 2. The number of hydrogen-bond acceptors (Lipinski definition) is 5. The second kappa shape index (κ2) is 7.49. The van der Waals surface area contributed by atoms with Gasteiger partial charge in [-0.15, -0.1) is 0 Å². The second-order valence-electron chi connectivity index (χ2n) is 4.77. The predicted molar refractivity (Wildman–Crippen MR) is 83.1 cm³/mol. The number of halogens is 3. The van der Waals surface area contributed by atoms with Crippen molar-refractivity contribution in [1.29, 1.82) is 0 Å². The first-order valence-corrected chi connectivity index (χ1v) is 8.33. The fraction of sp³-hybridized carbons (Fsp3) is 0.143. The first-order valence-electron chi connectivity index (χ1n) is 6.84. The van der Waals surface area contributed by atoms with Gasteiger partial charge in [-0.3, -0.25) is 10.1 Å². The number of anilines is 1. The van der Waals surface area contributed by atoms with Gasteiger partial charge in [0.25, 0.3) is 5.69 Å². The molecule has 0 aliphatic heterocycles. The lowest BCUT2D eigenvalue weighted by atomic mass is 10.2. The van der Waals surface area contributed by atoms with Crippen LogP contribution in [-0.4, -0.2) is 26.4 Å². The standard InChI is InChI=1S/C14H12F3N3O4S/c15-9-5-6-12(14(17)13(9)16)25(23,24)19-8-7-18-10-3-1-2-4-11(10)20(21)22/h1-6,18-19H,7-8H2. The Balaban J connectivity index is 2.03. The molecule has 2 aromatic rings. The number of nitro benzene ring substituents is 1. The van der Waals surface area contributed by atoms with Crippen LogP contribution in [0.25, 0.3) is 0 Å². The summed E-state index contributed by atoms with van der Waals surface area (Å²) in [5.74, 6) is -5.21. The van der Waals surface area contributed by atoms with Gasteiger partial charge in [-0.05, 0) is 18.2 Å². The Hall–Kier alpha value is -2.66. The maximum atomic E-state index is 13.5. The highest BCUT2D eigenvalue weighted by Crippen LogP contribution is 2.23. The first-order chi connectivity index (χ1) is 11.7. The van der Waals surface area contributed by atoms with Crippen molar-refractivity contribution < 1.29 is 26.5 Å². The molecule has 2 aromatic carbocycles. The van der Waals surface area contributed by atoms with E-state index in [9.17, 15) is 31.7 Å². The third-order valence-corrected chi connectivity index (χ3v) is 4.60. The number of sulfonamides is 1. The molecule has 25 heavy (non-hydrogen) atoms. The molecule has 0 aromatic heterocycles. The molecule has 0 saturated carbocycles. The molecule has 0 aliphatic rings. The van der Waals surface area contributed by atoms with Gasteiger partial charge in [-0.2, -0.15) is 0 Å². The highest BCUT2D eigenvalue weighted by atomic mass is 32.2. The SMILES string of the molecule is O=[N+]([O-])c1ccccc1NCCNS(=O)(=O)c1ccc(F)c(F)c1F. The summed E-state index contributed by atoms with van der Waals surface area (Å²) in [6.07, 6.45) is 0. The van der Waals surface area contributed by atoms with E-state index in [0.29, 0.717) is 12.1 Å². The third kappa shape index (κ3) is 4.25. The molecular formula is C14H12F3N3O4S. The minimum Gasteiger partial charge on any atom is -0.378 e. The van der Waals surface area contributed by atoms with Crippen molar-refractivity contribution in [2.75, 3.05) is 18.4 Å². The summed E-state index contributed by atoms with van der Waals surface area (Å²) in [7, 11) is -4.42. The van der Waals surface area contributed by atoms with Gasteiger partial charge < -0.3 is 5.32 Å². The quantitative estimate of drug-likeness (QED) is 0.335. The molecule has 0 amide bonds. The summed E-state index contributed by atoms with van der Waals surface area (Å²) in [5.41, 5.74) is -0.0253. The average molecular weight is 375 g/mol. The molecule has 0 unspecified atom stereocenters. The summed E-state index contributed by atoms with van der Waals surface area (Å²) in [4.78, 5) is 9.20. The van der Waals surface area contributed by atoms with Gasteiger partial charge in [-0.1, -0.05) is 12.1 Å². The normalized spacial score (nSPS) is 11.3. The van der Waals surface area contributed by atoms with Crippen LogP contribution in [0.4, 0.5) is 24.5 Å². The molecule has 7 nitrogen and oxygen atoms in total. The lowest BCUT2D eigenvalue weighted by Crippen LogP contribution is -2.30. The summed E-state index contributed by atoms with van der Waals surface area (Å²) in [5, 5.41) is 13.5. The Morgan fingerprint density at radius 2 is 1.68 bits per heavy atom. The van der Waals surface area contributed by atoms with E-state index in [1.54, 1.807) is 6.07 Å². The van der Waals surface area contributed by atoms with Crippen molar-refractivity contribution in [2.24, 2.45) is 0 Å². The summed E-state index contributed by atoms with van der Waals surface area (Å²) < 4.78 is 65.4. The van der Waals surface area contributed by atoms with Crippen LogP contribution in [0.15, 0.2) is 41.3 Å². The third-order valence-electron chi connectivity index (χ3n) is 3.12. The van der Waals surface area contributed by atoms with Gasteiger partial charge in [0, 0.05) is 19.2 Å². The van der Waals surface area contributed by atoms with E-state index in [2.05, 4.69) is 5.32 Å². The number of nitro groups is 1. The largest absolute Gasteiger partial charge is 0.378 e. The molecule has 0 atom stereocenters. The van der Waals surface area contributed by atoms with E-state index in [1.807, 2.05) is 4.72 Å². The van der Waals surface area contributed by atoms with Crippen molar-refractivity contribution in [2.45, 2.75) is 4.90 Å². The molecule has 134 valence electrons. The average Bonchev–Trinajstić information content (AvgIpc) is 2.56. The van der Waals surface area contributed by atoms with Gasteiger partial charge in [0.05, 0.1) is 4.92 Å². The van der Waals surface area contributed by atoms with Crippen molar-refractivity contribution >= 4 is 21.4 Å². The van der Waals surface area contributed by atoms with Gasteiger partial charge >= 0.3 is 0 Å². The molecule has 2 N–H and O–H groups in total. The van der Waals surface area contributed by atoms with E-state index in [0.717, 1.165) is 0 Å². The highest BCUT2D eigenvalue weighted by Gasteiger charge is 2.23. The lowest BCUT2D eigenvalue weighted by molar-refractivity contribution is -0.384. The maximum absolute atomic E-state index is 13.5. The topological polar surface area (TPSA) is 101 Å².